The van der Waals surface area contributed by atoms with Gasteiger partial charge in [0, 0.05) is 19.8 Å². The van der Waals surface area contributed by atoms with E-state index in [1.807, 2.05) is 13.8 Å². The minimum absolute atomic E-state index is 0.0348. The number of esters is 1. The van der Waals surface area contributed by atoms with Crippen molar-refractivity contribution in [2.24, 2.45) is 11.8 Å². The van der Waals surface area contributed by atoms with Crippen molar-refractivity contribution in [1.29, 1.82) is 0 Å². The Bertz CT molecular complexity index is 1620. The Hall–Kier alpha value is -3.24. The van der Waals surface area contributed by atoms with E-state index in [1.54, 1.807) is 43.3 Å². The number of methoxy groups -OCH3 is 1. The summed E-state index contributed by atoms with van der Waals surface area (Å²) in [6, 6.07) is 11.7. The molecule has 2 aromatic rings. The van der Waals surface area contributed by atoms with Crippen molar-refractivity contribution in [3.8, 4) is 11.5 Å². The van der Waals surface area contributed by atoms with Gasteiger partial charge in [0.25, 0.3) is 0 Å². The number of aliphatic hydroxyl groups excluding tert-OH is 1. The van der Waals surface area contributed by atoms with Crippen LogP contribution in [0.5, 0.6) is 11.5 Å². The highest BCUT2D eigenvalue weighted by atomic mass is 32.2. The molecule has 0 saturated carbocycles. The molecule has 2 N–H and O–H groups in total. The van der Waals surface area contributed by atoms with Crippen molar-refractivity contribution in [3.05, 3.63) is 54.1 Å². The molecule has 2 heterocycles. The largest absolute Gasteiger partial charge is 0.497 e. The van der Waals surface area contributed by atoms with E-state index in [2.05, 4.69) is 5.32 Å². The molecule has 2 aliphatic rings. The normalized spacial score (nSPS) is 21.5. The summed E-state index contributed by atoms with van der Waals surface area (Å²) in [5.74, 6) is 0.0609. The molecule has 15 nitrogen and oxygen atoms in total. The lowest BCUT2D eigenvalue weighted by molar-refractivity contribution is -0.150. The summed E-state index contributed by atoms with van der Waals surface area (Å²) in [5, 5.41) is 14.4. The van der Waals surface area contributed by atoms with Crippen molar-refractivity contribution >= 4 is 29.5 Å². The van der Waals surface area contributed by atoms with E-state index in [0.29, 0.717) is 30.1 Å². The summed E-state index contributed by atoms with van der Waals surface area (Å²) in [7, 11) is -5.90. The molecule has 1 amide bonds. The summed E-state index contributed by atoms with van der Waals surface area (Å²) in [4.78, 5) is 25.2. The number of carbonyl (C=O) groups excluding carboxylic acids is 2. The number of aliphatic hydroxyl groups is 1. The second-order valence-corrected chi connectivity index (χ2v) is 17.7. The first-order chi connectivity index (χ1) is 24.6. The van der Waals surface area contributed by atoms with Crippen molar-refractivity contribution in [1.82, 2.24) is 9.62 Å². The number of benzene rings is 2. The molecule has 0 spiro atoms. The van der Waals surface area contributed by atoms with E-state index in [9.17, 15) is 27.7 Å². The highest BCUT2D eigenvalue weighted by Crippen LogP contribution is 2.44. The number of ether oxygens (including phenoxy) is 6. The summed E-state index contributed by atoms with van der Waals surface area (Å²) in [5.41, 5.74) is 0.672. The van der Waals surface area contributed by atoms with E-state index in [1.165, 1.54) is 37.1 Å². The molecule has 2 aromatic carbocycles. The number of sulfonamides is 1. The fourth-order valence-electron chi connectivity index (χ4n) is 5.90. The molecular weight excluding hydrogens is 719 g/mol. The van der Waals surface area contributed by atoms with E-state index in [0.717, 1.165) is 0 Å². The predicted molar refractivity (Wildman–Crippen MR) is 190 cm³/mol. The van der Waals surface area contributed by atoms with E-state index in [-0.39, 0.29) is 55.8 Å². The van der Waals surface area contributed by atoms with Crippen molar-refractivity contribution in [2.45, 2.75) is 76.1 Å². The average molecular weight is 771 g/mol. The van der Waals surface area contributed by atoms with Crippen LogP contribution < -0.4 is 14.8 Å². The zero-order valence-electron chi connectivity index (χ0n) is 30.5. The van der Waals surface area contributed by atoms with Gasteiger partial charge in [0.05, 0.1) is 49.9 Å². The number of nitrogens with zero attached hydrogens (tertiary/aromatic N) is 1. The zero-order valence-corrected chi connectivity index (χ0v) is 32.2. The molecule has 17 heteroatoms. The zero-order chi connectivity index (χ0) is 38.1. The molecule has 2 saturated heterocycles. The maximum Gasteiger partial charge on any atom is 0.407 e. The van der Waals surface area contributed by atoms with Gasteiger partial charge in [0.15, 0.2) is 18.7 Å². The van der Waals surface area contributed by atoms with Crippen LogP contribution in [0.25, 0.3) is 0 Å². The van der Waals surface area contributed by atoms with Gasteiger partial charge in [-0.2, -0.15) is 4.31 Å². The molecule has 52 heavy (non-hydrogen) atoms. The number of alkyl carbamates (subject to hydrolysis) is 1. The lowest BCUT2D eigenvalue weighted by Crippen LogP contribution is -2.51. The second-order valence-electron chi connectivity index (χ2n) is 13.3. The number of hydrogen-bond donors (Lipinski definition) is 2. The first kappa shape index (κ1) is 41.5. The van der Waals surface area contributed by atoms with E-state index >= 15 is 0 Å². The van der Waals surface area contributed by atoms with Gasteiger partial charge in [-0.3, -0.25) is 4.57 Å². The van der Waals surface area contributed by atoms with E-state index < -0.39 is 60.1 Å². The maximum atomic E-state index is 13.8. The van der Waals surface area contributed by atoms with Crippen molar-refractivity contribution < 1.29 is 60.6 Å². The van der Waals surface area contributed by atoms with Crippen LogP contribution in [0.2, 0.25) is 0 Å². The van der Waals surface area contributed by atoms with Gasteiger partial charge in [0.2, 0.25) is 17.4 Å². The van der Waals surface area contributed by atoms with Crippen LogP contribution in [0.4, 0.5) is 4.79 Å². The van der Waals surface area contributed by atoms with Gasteiger partial charge >= 0.3 is 12.1 Å². The average Bonchev–Trinajstić information content (AvgIpc) is 3.72. The van der Waals surface area contributed by atoms with Crippen molar-refractivity contribution in [2.75, 3.05) is 53.0 Å². The van der Waals surface area contributed by atoms with Crippen LogP contribution in [0.15, 0.2) is 53.4 Å². The third-order valence-corrected chi connectivity index (χ3v) is 11.7. The Morgan fingerprint density at radius 1 is 1.04 bits per heavy atom. The van der Waals surface area contributed by atoms with Gasteiger partial charge in [-0.25, -0.2) is 18.0 Å². The van der Waals surface area contributed by atoms with Gasteiger partial charge < -0.3 is 43.4 Å². The lowest BCUT2D eigenvalue weighted by Gasteiger charge is -2.31. The summed E-state index contributed by atoms with van der Waals surface area (Å²) >= 11 is 0. The standard InChI is InChI=1S/C35H51N2O13PS/c1-7-45-33(39)24(4)50-51(6,41)22-48-27-10-8-25(9-11-27)18-30(36-35(40)49-32-21-47-34-29(32)16-17-46-34)31(38)20-37(19-23(2)3)52(42,43)28-14-12-26(44-5)13-15-28/h8-15,23-24,29-32,34,38H,7,16-22H2,1-6H3,(H,36,40)/t24-,29-,30-,31+,32-,34+,51?/m0/s1. The van der Waals surface area contributed by atoms with Crippen molar-refractivity contribution in [3.63, 3.8) is 0 Å². The van der Waals surface area contributed by atoms with Crippen LogP contribution in [0, 0.1) is 11.8 Å². The lowest BCUT2D eigenvalue weighted by atomic mass is 10.0. The maximum absolute atomic E-state index is 13.8. The molecule has 0 aromatic heterocycles. The number of carbonyl (C=O) groups is 2. The third-order valence-electron chi connectivity index (χ3n) is 8.51. The molecular formula is C35H51N2O13PS. The van der Waals surface area contributed by atoms with Gasteiger partial charge in [-0.05, 0) is 74.6 Å². The van der Waals surface area contributed by atoms with Crippen LogP contribution in [-0.4, -0.2) is 114 Å². The first-order valence-corrected chi connectivity index (χ1v) is 21.0. The molecule has 0 aliphatic carbocycles. The third kappa shape index (κ3) is 11.6. The number of hydrogen-bond acceptors (Lipinski definition) is 13. The van der Waals surface area contributed by atoms with Gasteiger partial charge in [-0.1, -0.05) is 26.0 Å². The molecule has 1 unspecified atom stereocenters. The Kier molecular flexibility index (Phi) is 14.9. The molecule has 7 atom stereocenters. The minimum atomic E-state index is -4.05. The highest BCUT2D eigenvalue weighted by Gasteiger charge is 2.44. The Balaban J connectivity index is 1.49. The minimum Gasteiger partial charge on any atom is -0.497 e. The van der Waals surface area contributed by atoms with Crippen LogP contribution in [0.1, 0.15) is 39.7 Å². The highest BCUT2D eigenvalue weighted by molar-refractivity contribution is 7.89. The fourth-order valence-corrected chi connectivity index (χ4v) is 8.72. The molecule has 4 rings (SSSR count). The predicted octanol–water partition coefficient (Wildman–Crippen LogP) is 4.01. The SMILES string of the molecule is CCOC(=O)[C@H](C)OP(C)(=O)COc1ccc(C[C@H](NC(=O)O[C@H]2CO[C@H]3OCC[C@H]32)[C@H](O)CN(CC(C)C)S(=O)(=O)c2ccc(OC)cc2)cc1. The number of nitrogens with one attached hydrogen (secondary N) is 1. The monoisotopic (exact) mass is 770 g/mol. The Labute approximate surface area is 305 Å². The second kappa shape index (κ2) is 18.7. The summed E-state index contributed by atoms with van der Waals surface area (Å²) in [6.45, 7) is 8.86. The fraction of sp³-hybridized carbons (Fsp3) is 0.600. The molecule has 290 valence electrons. The molecule has 0 radical (unpaired) electrons. The number of rotatable bonds is 19. The van der Waals surface area contributed by atoms with Crippen LogP contribution >= 0.6 is 7.37 Å². The van der Waals surface area contributed by atoms with Gasteiger partial charge in [-0.15, -0.1) is 0 Å². The van der Waals surface area contributed by atoms with Gasteiger partial charge in [0.1, 0.15) is 17.6 Å². The summed E-state index contributed by atoms with van der Waals surface area (Å²) < 4.78 is 79.8. The molecule has 0 bridgehead atoms. The number of amides is 1. The molecule has 2 fully saturated rings. The van der Waals surface area contributed by atoms with Crippen LogP contribution in [0.3, 0.4) is 0 Å². The first-order valence-electron chi connectivity index (χ1n) is 17.3. The smallest absolute Gasteiger partial charge is 0.407 e. The molecule has 2 aliphatic heterocycles. The van der Waals surface area contributed by atoms with E-state index in [4.69, 9.17) is 32.9 Å². The summed E-state index contributed by atoms with van der Waals surface area (Å²) in [6.07, 6.45) is -3.65. The Morgan fingerprint density at radius 3 is 2.35 bits per heavy atom. The topological polar surface area (TPSA) is 185 Å². The Morgan fingerprint density at radius 2 is 1.71 bits per heavy atom. The quantitative estimate of drug-likeness (QED) is 0.154. The number of fused-ring (bicyclic) bond motifs is 1. The van der Waals surface area contributed by atoms with Crippen LogP contribution in [-0.2, 0) is 49.3 Å².